The van der Waals surface area contributed by atoms with Crippen molar-refractivity contribution in [1.82, 2.24) is 4.90 Å². The summed E-state index contributed by atoms with van der Waals surface area (Å²) in [5, 5.41) is 0. The summed E-state index contributed by atoms with van der Waals surface area (Å²) in [6.45, 7) is 4.82. The van der Waals surface area contributed by atoms with Crippen LogP contribution in [0, 0.1) is 23.7 Å². The van der Waals surface area contributed by atoms with Crippen LogP contribution in [0.1, 0.15) is 24.5 Å². The fourth-order valence-corrected chi connectivity index (χ4v) is 2.53. The lowest BCUT2D eigenvalue weighted by atomic mass is 10.1. The largest absolute Gasteiger partial charge is 0.495 e. The van der Waals surface area contributed by atoms with E-state index in [1.54, 1.807) is 7.11 Å². The summed E-state index contributed by atoms with van der Waals surface area (Å²) in [4.78, 5) is 2.39. The maximum Gasteiger partial charge on any atom is 0.134 e. The number of methoxy groups -OCH3 is 1. The van der Waals surface area contributed by atoms with Gasteiger partial charge in [-0.25, -0.2) is 0 Å². The molecule has 2 unspecified atom stereocenters. The van der Waals surface area contributed by atoms with Crippen molar-refractivity contribution in [3.05, 3.63) is 29.3 Å². The molecule has 0 amide bonds. The van der Waals surface area contributed by atoms with Crippen molar-refractivity contribution >= 4 is 0 Å². The van der Waals surface area contributed by atoms with Gasteiger partial charge in [0.15, 0.2) is 0 Å². The van der Waals surface area contributed by atoms with Crippen LogP contribution < -0.4 is 10.5 Å². The Kier molecular flexibility index (Phi) is 5.05. The Bertz CT molecular complexity index is 515. The molecule has 0 bridgehead atoms. The lowest BCUT2D eigenvalue weighted by Gasteiger charge is -2.17. The first-order valence-corrected chi connectivity index (χ1v) is 7.18. The maximum absolute atomic E-state index is 5.44. The first kappa shape index (κ1) is 14.9. The van der Waals surface area contributed by atoms with Gasteiger partial charge < -0.3 is 15.4 Å². The predicted octanol–water partition coefficient (Wildman–Crippen LogP) is 2.09. The first-order chi connectivity index (χ1) is 9.63. The highest BCUT2D eigenvalue weighted by molar-refractivity contribution is 5.48. The Balaban J connectivity index is 2.03. The van der Waals surface area contributed by atoms with E-state index < -0.39 is 0 Å². The quantitative estimate of drug-likeness (QED) is 0.834. The summed E-state index contributed by atoms with van der Waals surface area (Å²) in [7, 11) is 3.85. The molecule has 3 heteroatoms. The van der Waals surface area contributed by atoms with E-state index in [1.165, 1.54) is 18.5 Å². The molecule has 3 nitrogen and oxygen atoms in total. The van der Waals surface area contributed by atoms with E-state index in [9.17, 15) is 0 Å². The van der Waals surface area contributed by atoms with Gasteiger partial charge >= 0.3 is 0 Å². The monoisotopic (exact) mass is 272 g/mol. The molecule has 1 aliphatic carbocycles. The van der Waals surface area contributed by atoms with Crippen molar-refractivity contribution in [2.24, 2.45) is 17.6 Å². The van der Waals surface area contributed by atoms with Gasteiger partial charge in [-0.3, -0.25) is 0 Å². The van der Waals surface area contributed by atoms with E-state index in [2.05, 4.69) is 42.8 Å². The summed E-state index contributed by atoms with van der Waals surface area (Å²) in [5.74, 6) is 8.57. The third-order valence-electron chi connectivity index (χ3n) is 3.86. The second-order valence-electron chi connectivity index (χ2n) is 5.71. The number of hydrogen-bond acceptors (Lipinski definition) is 3. The Hall–Kier alpha value is -1.50. The van der Waals surface area contributed by atoms with Gasteiger partial charge in [0.05, 0.1) is 19.2 Å². The van der Waals surface area contributed by atoms with Crippen molar-refractivity contribution in [3.8, 4) is 17.6 Å². The van der Waals surface area contributed by atoms with Crippen LogP contribution in [0.25, 0.3) is 0 Å². The van der Waals surface area contributed by atoms with Gasteiger partial charge in [-0.05, 0) is 43.0 Å². The van der Waals surface area contributed by atoms with Crippen LogP contribution in [0.5, 0.6) is 5.75 Å². The molecule has 0 saturated heterocycles. The molecule has 0 heterocycles. The first-order valence-electron chi connectivity index (χ1n) is 7.18. The molecule has 0 radical (unpaired) electrons. The van der Waals surface area contributed by atoms with Gasteiger partial charge in [0.25, 0.3) is 0 Å². The molecule has 108 valence electrons. The fraction of sp³-hybridized carbons (Fsp3) is 0.529. The summed E-state index contributed by atoms with van der Waals surface area (Å²) in [6, 6.07) is 6.21. The highest BCUT2D eigenvalue weighted by Crippen LogP contribution is 2.38. The van der Waals surface area contributed by atoms with Crippen LogP contribution >= 0.6 is 0 Å². The summed E-state index contributed by atoms with van der Waals surface area (Å²) in [5.41, 5.74) is 7.63. The predicted molar refractivity (Wildman–Crippen MR) is 82.5 cm³/mol. The molecule has 0 aromatic heterocycles. The minimum atomic E-state index is 0.368. The molecule has 0 aliphatic heterocycles. The smallest absolute Gasteiger partial charge is 0.134 e. The van der Waals surface area contributed by atoms with Crippen molar-refractivity contribution < 1.29 is 4.74 Å². The lowest BCUT2D eigenvalue weighted by Crippen LogP contribution is -2.20. The zero-order valence-electron chi connectivity index (χ0n) is 12.6. The van der Waals surface area contributed by atoms with E-state index in [0.29, 0.717) is 6.54 Å². The minimum Gasteiger partial charge on any atom is -0.495 e. The van der Waals surface area contributed by atoms with E-state index in [-0.39, 0.29) is 0 Å². The molecular weight excluding hydrogens is 248 g/mol. The minimum absolute atomic E-state index is 0.368. The van der Waals surface area contributed by atoms with Crippen LogP contribution in [-0.4, -0.2) is 32.1 Å². The summed E-state index contributed by atoms with van der Waals surface area (Å²) < 4.78 is 5.33. The topological polar surface area (TPSA) is 38.5 Å². The zero-order chi connectivity index (χ0) is 14.5. The van der Waals surface area contributed by atoms with Gasteiger partial charge in [-0.15, -0.1) is 0 Å². The standard InChI is InChI=1S/C17H24N2O/c1-13-9-16(13)12-19(2)11-14-6-7-17(20-3)15(10-14)5-4-8-18/h6-7,10,13,16H,8-9,11-12,18H2,1-3H3. The average molecular weight is 272 g/mol. The van der Waals surface area contributed by atoms with Crippen molar-refractivity contribution in [2.75, 3.05) is 27.2 Å². The molecular formula is C17H24N2O. The number of hydrogen-bond donors (Lipinski definition) is 1. The number of rotatable bonds is 5. The third-order valence-corrected chi connectivity index (χ3v) is 3.86. The van der Waals surface area contributed by atoms with E-state index >= 15 is 0 Å². The summed E-state index contributed by atoms with van der Waals surface area (Å²) in [6.07, 6.45) is 1.38. The van der Waals surface area contributed by atoms with Crippen LogP contribution in [0.2, 0.25) is 0 Å². The highest BCUT2D eigenvalue weighted by Gasteiger charge is 2.32. The summed E-state index contributed by atoms with van der Waals surface area (Å²) >= 11 is 0. The van der Waals surface area contributed by atoms with Crippen LogP contribution in [0.3, 0.4) is 0 Å². The molecule has 2 atom stereocenters. The van der Waals surface area contributed by atoms with Crippen LogP contribution in [0.4, 0.5) is 0 Å². The third kappa shape index (κ3) is 4.00. The zero-order valence-corrected chi connectivity index (χ0v) is 12.6. The molecule has 1 aromatic carbocycles. The number of nitrogens with zero attached hydrogens (tertiary/aromatic N) is 1. The Morgan fingerprint density at radius 2 is 2.20 bits per heavy atom. The van der Waals surface area contributed by atoms with Gasteiger partial charge in [0.2, 0.25) is 0 Å². The van der Waals surface area contributed by atoms with Gasteiger partial charge in [0, 0.05) is 13.1 Å². The van der Waals surface area contributed by atoms with E-state index in [1.807, 2.05) is 6.07 Å². The van der Waals surface area contributed by atoms with Gasteiger partial charge in [0.1, 0.15) is 5.75 Å². The van der Waals surface area contributed by atoms with Crippen molar-refractivity contribution in [1.29, 1.82) is 0 Å². The van der Waals surface area contributed by atoms with Gasteiger partial charge in [-0.1, -0.05) is 24.8 Å². The Morgan fingerprint density at radius 3 is 2.80 bits per heavy atom. The molecule has 1 aliphatic rings. The molecule has 2 N–H and O–H groups in total. The Labute approximate surface area is 122 Å². The molecule has 2 rings (SSSR count). The number of nitrogens with two attached hydrogens (primary N) is 1. The Morgan fingerprint density at radius 1 is 1.45 bits per heavy atom. The van der Waals surface area contributed by atoms with Crippen molar-refractivity contribution in [3.63, 3.8) is 0 Å². The van der Waals surface area contributed by atoms with Crippen LogP contribution in [-0.2, 0) is 6.54 Å². The van der Waals surface area contributed by atoms with Crippen molar-refractivity contribution in [2.45, 2.75) is 19.9 Å². The average Bonchev–Trinajstić information content (AvgIpc) is 3.11. The molecule has 1 fully saturated rings. The van der Waals surface area contributed by atoms with Gasteiger partial charge in [-0.2, -0.15) is 0 Å². The second kappa shape index (κ2) is 6.78. The van der Waals surface area contributed by atoms with E-state index in [0.717, 1.165) is 29.7 Å². The molecule has 0 spiro atoms. The lowest BCUT2D eigenvalue weighted by molar-refractivity contribution is 0.307. The van der Waals surface area contributed by atoms with E-state index in [4.69, 9.17) is 10.5 Å². The molecule has 1 saturated carbocycles. The normalized spacial score (nSPS) is 20.4. The molecule has 20 heavy (non-hydrogen) atoms. The number of ether oxygens (including phenoxy) is 1. The highest BCUT2D eigenvalue weighted by atomic mass is 16.5. The SMILES string of the molecule is COc1ccc(CN(C)CC2CC2C)cc1C#CCN. The maximum atomic E-state index is 5.44. The fourth-order valence-electron chi connectivity index (χ4n) is 2.53. The molecule has 1 aromatic rings. The number of benzene rings is 1. The second-order valence-corrected chi connectivity index (χ2v) is 5.71. The van der Waals surface area contributed by atoms with Crippen LogP contribution in [0.15, 0.2) is 18.2 Å².